The summed E-state index contributed by atoms with van der Waals surface area (Å²) in [6.07, 6.45) is 5.14. The fourth-order valence-electron chi connectivity index (χ4n) is 3.61. The Morgan fingerprint density at radius 2 is 1.76 bits per heavy atom. The average Bonchev–Trinajstić information content (AvgIpc) is 2.96. The lowest BCUT2D eigenvalue weighted by molar-refractivity contribution is -0.128. The van der Waals surface area contributed by atoms with Gasteiger partial charge in [0.05, 0.1) is 5.54 Å². The topological polar surface area (TPSA) is 58.4 Å². The summed E-state index contributed by atoms with van der Waals surface area (Å²) in [4.78, 5) is 14.1. The van der Waals surface area contributed by atoms with E-state index < -0.39 is 17.2 Å². The number of carbonyl (C=O) groups excluding carboxylic acids is 1. The molecule has 4 nitrogen and oxygen atoms in total. The van der Waals surface area contributed by atoms with Gasteiger partial charge in [0.2, 0.25) is 5.91 Å². The van der Waals surface area contributed by atoms with Crippen LogP contribution in [0.3, 0.4) is 0 Å². The van der Waals surface area contributed by atoms with Crippen molar-refractivity contribution in [1.82, 2.24) is 5.32 Å². The lowest BCUT2D eigenvalue weighted by atomic mass is 9.82. The predicted molar refractivity (Wildman–Crippen MR) is 99.6 cm³/mol. The van der Waals surface area contributed by atoms with Gasteiger partial charge in [-0.1, -0.05) is 25.3 Å². The van der Waals surface area contributed by atoms with Crippen LogP contribution in [0.2, 0.25) is 0 Å². The summed E-state index contributed by atoms with van der Waals surface area (Å²) in [6.45, 7) is 0.917. The number of rotatable bonds is 3. The highest BCUT2D eigenvalue weighted by Gasteiger charge is 2.37. The number of carbonyl (C=O) groups is 1. The van der Waals surface area contributed by atoms with E-state index in [0.29, 0.717) is 32.4 Å². The van der Waals surface area contributed by atoms with E-state index in [9.17, 15) is 13.6 Å². The van der Waals surface area contributed by atoms with Gasteiger partial charge in [-0.3, -0.25) is 4.79 Å². The van der Waals surface area contributed by atoms with Crippen LogP contribution in [0.25, 0.3) is 0 Å². The van der Waals surface area contributed by atoms with Crippen LogP contribution >= 0.6 is 24.8 Å². The fraction of sp³-hybridized carbons (Fsp3) is 0.588. The highest BCUT2D eigenvalue weighted by molar-refractivity contribution is 5.86. The highest BCUT2D eigenvalue weighted by atomic mass is 35.5. The van der Waals surface area contributed by atoms with E-state index in [-0.39, 0.29) is 42.5 Å². The molecule has 3 N–H and O–H groups in total. The maximum absolute atomic E-state index is 13.9. The molecule has 1 unspecified atom stereocenters. The summed E-state index contributed by atoms with van der Waals surface area (Å²) in [5.41, 5.74) is 5.44. The van der Waals surface area contributed by atoms with Gasteiger partial charge < -0.3 is 16.0 Å². The molecule has 0 bridgehead atoms. The summed E-state index contributed by atoms with van der Waals surface area (Å²) in [6, 6.07) is 3.73. The van der Waals surface area contributed by atoms with Crippen LogP contribution in [0, 0.1) is 11.6 Å². The molecule has 2 fully saturated rings. The molecule has 1 aliphatic carbocycles. The molecule has 1 atom stereocenters. The first kappa shape index (κ1) is 21.9. The number of nitrogens with one attached hydrogen (secondary N) is 1. The molecule has 1 aromatic rings. The van der Waals surface area contributed by atoms with Crippen LogP contribution in [0.4, 0.5) is 14.5 Å². The molecule has 0 spiro atoms. The number of nitrogens with two attached hydrogens (primary N) is 1. The Morgan fingerprint density at radius 1 is 1.16 bits per heavy atom. The SMILES string of the molecule is Cl.Cl.NC1(C(=O)NC2CCN(c3c(F)cccc3F)C2)CCCCC1. The van der Waals surface area contributed by atoms with Crippen LogP contribution < -0.4 is 16.0 Å². The third kappa shape index (κ3) is 4.74. The molecule has 1 amide bonds. The van der Waals surface area contributed by atoms with Gasteiger partial charge in [0, 0.05) is 19.1 Å². The zero-order valence-corrected chi connectivity index (χ0v) is 15.6. The summed E-state index contributed by atoms with van der Waals surface area (Å²) >= 11 is 0. The second-order valence-corrected chi connectivity index (χ2v) is 6.69. The molecule has 1 heterocycles. The molecule has 1 aliphatic heterocycles. The van der Waals surface area contributed by atoms with E-state index in [1.807, 2.05) is 0 Å². The van der Waals surface area contributed by atoms with Crippen LogP contribution in [-0.4, -0.2) is 30.6 Å². The first-order valence-electron chi connectivity index (χ1n) is 8.28. The Morgan fingerprint density at radius 3 is 2.36 bits per heavy atom. The molecular weight excluding hydrogens is 371 g/mol. The van der Waals surface area contributed by atoms with E-state index >= 15 is 0 Å². The lowest BCUT2D eigenvalue weighted by Gasteiger charge is -2.33. The number of halogens is 4. The first-order chi connectivity index (χ1) is 11.0. The number of amides is 1. The molecule has 1 aromatic carbocycles. The van der Waals surface area contributed by atoms with Crippen LogP contribution in [0.15, 0.2) is 18.2 Å². The van der Waals surface area contributed by atoms with Gasteiger partial charge in [0.1, 0.15) is 17.3 Å². The zero-order valence-electron chi connectivity index (χ0n) is 14.0. The number of benzene rings is 1. The lowest BCUT2D eigenvalue weighted by Crippen LogP contribution is -2.57. The van der Waals surface area contributed by atoms with Crippen molar-refractivity contribution >= 4 is 36.4 Å². The third-order valence-corrected chi connectivity index (χ3v) is 4.98. The van der Waals surface area contributed by atoms with Gasteiger partial charge in [0.25, 0.3) is 0 Å². The van der Waals surface area contributed by atoms with E-state index in [0.717, 1.165) is 19.3 Å². The smallest absolute Gasteiger partial charge is 0.240 e. The standard InChI is InChI=1S/C17H23F2N3O.2ClH/c18-13-5-4-6-14(19)15(13)22-10-7-12(11-22)21-16(23)17(20)8-2-1-3-9-17;;/h4-6,12H,1-3,7-11,20H2,(H,21,23);2*1H. The summed E-state index contributed by atoms with van der Waals surface area (Å²) in [5.74, 6) is -1.27. The quantitative estimate of drug-likeness (QED) is 0.825. The molecule has 8 heteroatoms. The monoisotopic (exact) mass is 395 g/mol. The molecule has 0 radical (unpaired) electrons. The Labute approximate surface area is 159 Å². The van der Waals surface area contributed by atoms with Crippen molar-refractivity contribution in [2.75, 3.05) is 18.0 Å². The minimum absolute atomic E-state index is 0. The molecule has 2 aliphatic rings. The van der Waals surface area contributed by atoms with Gasteiger partial charge in [0.15, 0.2) is 0 Å². The fourth-order valence-corrected chi connectivity index (χ4v) is 3.61. The number of hydrogen-bond donors (Lipinski definition) is 2. The summed E-state index contributed by atoms with van der Waals surface area (Å²) in [5, 5.41) is 2.98. The Bertz CT molecular complexity index is 577. The first-order valence-corrected chi connectivity index (χ1v) is 8.28. The molecule has 1 saturated carbocycles. The van der Waals surface area contributed by atoms with Crippen molar-refractivity contribution in [3.8, 4) is 0 Å². The molecule has 25 heavy (non-hydrogen) atoms. The number of anilines is 1. The largest absolute Gasteiger partial charge is 0.365 e. The van der Waals surface area contributed by atoms with Crippen LogP contribution in [0.1, 0.15) is 38.5 Å². The molecule has 0 aromatic heterocycles. The minimum atomic E-state index is -0.783. The van der Waals surface area contributed by atoms with Crippen LogP contribution in [-0.2, 0) is 4.79 Å². The van der Waals surface area contributed by atoms with Crippen molar-refractivity contribution < 1.29 is 13.6 Å². The van der Waals surface area contributed by atoms with Gasteiger partial charge in [-0.2, -0.15) is 0 Å². The molecule has 1 saturated heterocycles. The maximum Gasteiger partial charge on any atom is 0.240 e. The summed E-state index contributed by atoms with van der Waals surface area (Å²) in [7, 11) is 0. The van der Waals surface area contributed by atoms with Gasteiger partial charge in [-0.25, -0.2) is 8.78 Å². The molecule has 3 rings (SSSR count). The van der Waals surface area contributed by atoms with Crippen LogP contribution in [0.5, 0.6) is 0 Å². The summed E-state index contributed by atoms with van der Waals surface area (Å²) < 4.78 is 27.7. The van der Waals surface area contributed by atoms with Gasteiger partial charge in [-0.05, 0) is 31.4 Å². The van der Waals surface area contributed by atoms with E-state index in [1.165, 1.54) is 18.2 Å². The van der Waals surface area contributed by atoms with E-state index in [1.54, 1.807) is 4.90 Å². The number of hydrogen-bond acceptors (Lipinski definition) is 3. The minimum Gasteiger partial charge on any atom is -0.365 e. The Hall–Kier alpha value is -1.11. The number of nitrogens with zero attached hydrogens (tertiary/aromatic N) is 1. The van der Waals surface area contributed by atoms with Crippen molar-refractivity contribution in [1.29, 1.82) is 0 Å². The van der Waals surface area contributed by atoms with Crippen molar-refractivity contribution in [3.63, 3.8) is 0 Å². The van der Waals surface area contributed by atoms with E-state index in [2.05, 4.69) is 5.32 Å². The Kier molecular flexibility index (Phi) is 7.90. The van der Waals surface area contributed by atoms with Crippen molar-refractivity contribution in [3.05, 3.63) is 29.8 Å². The normalized spacial score (nSPS) is 21.9. The van der Waals surface area contributed by atoms with Crippen molar-refractivity contribution in [2.24, 2.45) is 5.73 Å². The predicted octanol–water partition coefficient (Wildman–Crippen LogP) is 3.16. The third-order valence-electron chi connectivity index (χ3n) is 4.98. The second kappa shape index (κ2) is 9.01. The average molecular weight is 396 g/mol. The van der Waals surface area contributed by atoms with E-state index in [4.69, 9.17) is 5.73 Å². The zero-order chi connectivity index (χ0) is 16.4. The second-order valence-electron chi connectivity index (χ2n) is 6.69. The van der Waals surface area contributed by atoms with Crippen molar-refractivity contribution in [2.45, 2.75) is 50.1 Å². The molecule has 142 valence electrons. The highest BCUT2D eigenvalue weighted by Crippen LogP contribution is 2.28. The Balaban J connectivity index is 0.00000156. The van der Waals surface area contributed by atoms with Gasteiger partial charge in [-0.15, -0.1) is 24.8 Å². The number of para-hydroxylation sites is 1. The van der Waals surface area contributed by atoms with Gasteiger partial charge >= 0.3 is 0 Å². The molecular formula is C17H25Cl2F2N3O. The maximum atomic E-state index is 13.9.